The number of esters is 1. The monoisotopic (exact) mass is 298 g/mol. The molecule has 98 valence electrons. The predicted octanol–water partition coefficient (Wildman–Crippen LogP) is 4.59. The zero-order chi connectivity index (χ0) is 14.0. The Morgan fingerprint density at radius 3 is 2.16 bits per heavy atom. The molecule has 0 heterocycles. The maximum absolute atomic E-state index is 13.5. The van der Waals surface area contributed by atoms with Crippen LogP contribution in [0.1, 0.15) is 10.4 Å². The number of rotatable bonds is 2. The second-order valence-corrected chi connectivity index (χ2v) is 4.75. The summed E-state index contributed by atoms with van der Waals surface area (Å²) in [5.41, 5.74) is 1.26. The van der Waals surface area contributed by atoms with Crippen LogP contribution >= 0.6 is 23.2 Å². The normalized spacial score (nSPS) is 10.3. The van der Waals surface area contributed by atoms with E-state index in [2.05, 4.69) is 4.74 Å². The number of carbonyl (C=O) groups is 1. The summed E-state index contributed by atoms with van der Waals surface area (Å²) in [5, 5.41) is 0.873. The molecule has 0 saturated heterocycles. The largest absolute Gasteiger partial charge is 0.465 e. The molecule has 0 radical (unpaired) electrons. The Hall–Kier alpha value is -1.58. The molecule has 0 saturated carbocycles. The lowest BCUT2D eigenvalue weighted by atomic mass is 10.0. The van der Waals surface area contributed by atoms with Crippen molar-refractivity contribution in [2.45, 2.75) is 0 Å². The van der Waals surface area contributed by atoms with Gasteiger partial charge in [0.15, 0.2) is 0 Å². The highest BCUT2D eigenvalue weighted by atomic mass is 35.5. The van der Waals surface area contributed by atoms with Gasteiger partial charge in [0.1, 0.15) is 5.82 Å². The minimum atomic E-state index is -0.603. The average molecular weight is 299 g/mol. The summed E-state index contributed by atoms with van der Waals surface area (Å²) in [7, 11) is 1.24. The van der Waals surface area contributed by atoms with Crippen LogP contribution < -0.4 is 0 Å². The molecule has 0 aliphatic carbocycles. The van der Waals surface area contributed by atoms with Gasteiger partial charge >= 0.3 is 5.97 Å². The van der Waals surface area contributed by atoms with Crippen molar-refractivity contribution in [2.75, 3.05) is 7.11 Å². The van der Waals surface area contributed by atoms with E-state index >= 15 is 0 Å². The fraction of sp³-hybridized carbons (Fsp3) is 0.0714. The van der Waals surface area contributed by atoms with Gasteiger partial charge in [-0.25, -0.2) is 9.18 Å². The SMILES string of the molecule is COC(=O)c1cc(F)cc(-c2cc(Cl)cc(Cl)c2)c1. The summed E-state index contributed by atoms with van der Waals surface area (Å²) in [6.07, 6.45) is 0. The van der Waals surface area contributed by atoms with Gasteiger partial charge in [-0.3, -0.25) is 0 Å². The van der Waals surface area contributed by atoms with Crippen LogP contribution in [0.4, 0.5) is 4.39 Å². The van der Waals surface area contributed by atoms with Crippen LogP contribution in [0.2, 0.25) is 10.0 Å². The molecule has 0 unspecified atom stereocenters. The molecule has 0 spiro atoms. The highest BCUT2D eigenvalue weighted by molar-refractivity contribution is 6.35. The number of hydrogen-bond acceptors (Lipinski definition) is 2. The van der Waals surface area contributed by atoms with E-state index in [4.69, 9.17) is 23.2 Å². The van der Waals surface area contributed by atoms with E-state index < -0.39 is 11.8 Å². The van der Waals surface area contributed by atoms with E-state index in [1.807, 2.05) is 0 Å². The maximum Gasteiger partial charge on any atom is 0.337 e. The number of benzene rings is 2. The van der Waals surface area contributed by atoms with E-state index in [0.29, 0.717) is 21.2 Å². The van der Waals surface area contributed by atoms with Crippen LogP contribution in [0.15, 0.2) is 36.4 Å². The summed E-state index contributed by atoms with van der Waals surface area (Å²) in [6, 6.07) is 8.80. The van der Waals surface area contributed by atoms with Crippen molar-refractivity contribution in [1.82, 2.24) is 0 Å². The third-order valence-corrected chi connectivity index (χ3v) is 2.95. The minimum Gasteiger partial charge on any atom is -0.465 e. The lowest BCUT2D eigenvalue weighted by Gasteiger charge is -2.06. The van der Waals surface area contributed by atoms with Gasteiger partial charge in [0.2, 0.25) is 0 Å². The molecule has 5 heteroatoms. The molecule has 0 bridgehead atoms. The summed E-state index contributed by atoms with van der Waals surface area (Å²) in [6.45, 7) is 0. The van der Waals surface area contributed by atoms with E-state index in [0.717, 1.165) is 6.07 Å². The Morgan fingerprint density at radius 2 is 1.58 bits per heavy atom. The van der Waals surface area contributed by atoms with E-state index in [1.54, 1.807) is 18.2 Å². The van der Waals surface area contributed by atoms with Crippen LogP contribution in [-0.4, -0.2) is 13.1 Å². The molecule has 0 aromatic heterocycles. The van der Waals surface area contributed by atoms with Crippen LogP contribution in [0.3, 0.4) is 0 Å². The van der Waals surface area contributed by atoms with Crippen LogP contribution in [-0.2, 0) is 4.74 Å². The van der Waals surface area contributed by atoms with E-state index in [-0.39, 0.29) is 5.56 Å². The summed E-state index contributed by atoms with van der Waals surface area (Å²) in [4.78, 5) is 11.4. The zero-order valence-electron chi connectivity index (χ0n) is 9.91. The Labute approximate surface area is 119 Å². The van der Waals surface area contributed by atoms with E-state index in [1.165, 1.54) is 19.2 Å². The van der Waals surface area contributed by atoms with Gasteiger partial charge in [-0.1, -0.05) is 23.2 Å². The van der Waals surface area contributed by atoms with Crippen molar-refractivity contribution in [1.29, 1.82) is 0 Å². The van der Waals surface area contributed by atoms with Gasteiger partial charge in [0.05, 0.1) is 12.7 Å². The smallest absolute Gasteiger partial charge is 0.337 e. The molecule has 19 heavy (non-hydrogen) atoms. The Balaban J connectivity index is 2.55. The molecule has 0 atom stereocenters. The number of halogens is 3. The van der Waals surface area contributed by atoms with Crippen LogP contribution in [0.5, 0.6) is 0 Å². The molecule has 2 aromatic rings. The molecule has 0 amide bonds. The maximum atomic E-state index is 13.5. The van der Waals surface area contributed by atoms with E-state index in [9.17, 15) is 9.18 Å². The standard InChI is InChI=1S/C14H9Cl2FO2/c1-19-14(18)10-2-8(5-13(17)6-10)9-3-11(15)7-12(16)4-9/h2-7H,1H3. The topological polar surface area (TPSA) is 26.3 Å². The third-order valence-electron chi connectivity index (χ3n) is 2.51. The first-order chi connectivity index (χ1) is 8.99. The number of hydrogen-bond donors (Lipinski definition) is 0. The lowest BCUT2D eigenvalue weighted by Crippen LogP contribution is -2.02. The second kappa shape index (κ2) is 5.59. The second-order valence-electron chi connectivity index (χ2n) is 3.88. The number of carbonyl (C=O) groups excluding carboxylic acids is 1. The Morgan fingerprint density at radius 1 is 1.00 bits per heavy atom. The molecule has 0 aliphatic rings. The van der Waals surface area contributed by atoms with Gasteiger partial charge in [-0.15, -0.1) is 0 Å². The van der Waals surface area contributed by atoms with Gasteiger partial charge in [-0.2, -0.15) is 0 Å². The first-order valence-corrected chi connectivity index (χ1v) is 6.10. The molecule has 2 rings (SSSR count). The van der Waals surface area contributed by atoms with Crippen molar-refractivity contribution < 1.29 is 13.9 Å². The average Bonchev–Trinajstić information content (AvgIpc) is 2.36. The van der Waals surface area contributed by atoms with Crippen LogP contribution in [0.25, 0.3) is 11.1 Å². The first kappa shape index (κ1) is 13.8. The van der Waals surface area contributed by atoms with Crippen molar-refractivity contribution >= 4 is 29.2 Å². The Bertz CT molecular complexity index is 621. The zero-order valence-corrected chi connectivity index (χ0v) is 11.4. The highest BCUT2D eigenvalue weighted by Crippen LogP contribution is 2.28. The first-order valence-electron chi connectivity index (χ1n) is 5.35. The summed E-state index contributed by atoms with van der Waals surface area (Å²) < 4.78 is 18.1. The molecule has 2 nitrogen and oxygen atoms in total. The minimum absolute atomic E-state index is 0.133. The fourth-order valence-corrected chi connectivity index (χ4v) is 2.24. The summed E-state index contributed by atoms with van der Waals surface area (Å²) in [5.74, 6) is -1.14. The highest BCUT2D eigenvalue weighted by Gasteiger charge is 2.11. The molecule has 0 N–H and O–H groups in total. The number of ether oxygens (including phenoxy) is 1. The third kappa shape index (κ3) is 3.25. The van der Waals surface area contributed by atoms with Gasteiger partial charge in [0.25, 0.3) is 0 Å². The predicted molar refractivity (Wildman–Crippen MR) is 73.2 cm³/mol. The lowest BCUT2D eigenvalue weighted by molar-refractivity contribution is 0.0600. The molecule has 0 fully saturated rings. The van der Waals surface area contributed by atoms with Crippen molar-refractivity contribution in [2.24, 2.45) is 0 Å². The molecular weight excluding hydrogens is 290 g/mol. The number of methoxy groups -OCH3 is 1. The van der Waals surface area contributed by atoms with Gasteiger partial charge < -0.3 is 4.74 Å². The van der Waals surface area contributed by atoms with Crippen molar-refractivity contribution in [3.63, 3.8) is 0 Å². The van der Waals surface area contributed by atoms with Gasteiger partial charge in [0, 0.05) is 10.0 Å². The quantitative estimate of drug-likeness (QED) is 0.758. The molecule has 0 aliphatic heterocycles. The van der Waals surface area contributed by atoms with Crippen LogP contribution in [0, 0.1) is 5.82 Å². The van der Waals surface area contributed by atoms with Crippen molar-refractivity contribution in [3.8, 4) is 11.1 Å². The molecular formula is C14H9Cl2FO2. The Kier molecular flexibility index (Phi) is 4.08. The molecule has 2 aromatic carbocycles. The summed E-state index contributed by atoms with van der Waals surface area (Å²) >= 11 is 11.8. The van der Waals surface area contributed by atoms with Crippen molar-refractivity contribution in [3.05, 3.63) is 57.8 Å². The fourth-order valence-electron chi connectivity index (χ4n) is 1.71. The van der Waals surface area contributed by atoms with Gasteiger partial charge in [-0.05, 0) is 47.5 Å².